The first kappa shape index (κ1) is 19.4. The molecule has 3 aromatic rings. The number of carbonyl (C=O) groups excluding carboxylic acids is 1. The summed E-state index contributed by atoms with van der Waals surface area (Å²) in [4.78, 5) is 18.9. The molecule has 1 aliphatic rings. The van der Waals surface area contributed by atoms with Crippen molar-refractivity contribution < 1.29 is 19.0 Å². The fourth-order valence-corrected chi connectivity index (χ4v) is 3.88. The Morgan fingerprint density at radius 3 is 2.69 bits per heavy atom. The highest BCUT2D eigenvalue weighted by molar-refractivity contribution is 7.13. The molecule has 29 heavy (non-hydrogen) atoms. The maximum Gasteiger partial charge on any atom is 0.273 e. The second kappa shape index (κ2) is 9.07. The van der Waals surface area contributed by atoms with E-state index >= 15 is 0 Å². The van der Waals surface area contributed by atoms with Gasteiger partial charge in [0.2, 0.25) is 0 Å². The molecule has 0 spiro atoms. The predicted octanol–water partition coefficient (Wildman–Crippen LogP) is 3.87. The molecule has 7 heteroatoms. The summed E-state index contributed by atoms with van der Waals surface area (Å²) in [5.41, 5.74) is 2.44. The van der Waals surface area contributed by atoms with E-state index in [1.165, 1.54) is 11.3 Å². The number of hydrogen-bond acceptors (Lipinski definition) is 6. The zero-order valence-electron chi connectivity index (χ0n) is 16.2. The number of carbonyl (C=O) groups is 1. The van der Waals surface area contributed by atoms with Crippen molar-refractivity contribution in [1.82, 2.24) is 9.88 Å². The van der Waals surface area contributed by atoms with Gasteiger partial charge in [-0.3, -0.25) is 4.79 Å². The first-order chi connectivity index (χ1) is 14.2. The fraction of sp³-hybridized carbons (Fsp3) is 0.273. The monoisotopic (exact) mass is 410 g/mol. The van der Waals surface area contributed by atoms with Crippen LogP contribution in [0.3, 0.4) is 0 Å². The summed E-state index contributed by atoms with van der Waals surface area (Å²) in [7, 11) is 1.61. The number of thiazole rings is 1. The van der Waals surface area contributed by atoms with Gasteiger partial charge in [-0.25, -0.2) is 4.98 Å². The average molecular weight is 410 g/mol. The van der Waals surface area contributed by atoms with E-state index in [0.717, 1.165) is 16.1 Å². The SMILES string of the molecule is COc1cc(-c2nc(C(=O)N3CCOCC3)cs2)ccc1OCc1ccccc1. The van der Waals surface area contributed by atoms with E-state index in [0.29, 0.717) is 50.1 Å². The number of hydrogen-bond donors (Lipinski definition) is 0. The summed E-state index contributed by atoms with van der Waals surface area (Å²) in [5, 5.41) is 2.58. The number of aromatic nitrogens is 1. The van der Waals surface area contributed by atoms with Crippen LogP contribution in [-0.2, 0) is 11.3 Å². The van der Waals surface area contributed by atoms with Crippen LogP contribution in [-0.4, -0.2) is 49.2 Å². The molecule has 2 heterocycles. The van der Waals surface area contributed by atoms with Crippen molar-refractivity contribution in [3.05, 3.63) is 65.2 Å². The molecular formula is C22H22N2O4S. The molecule has 0 N–H and O–H groups in total. The predicted molar refractivity (Wildman–Crippen MR) is 112 cm³/mol. The molecule has 6 nitrogen and oxygen atoms in total. The highest BCUT2D eigenvalue weighted by Crippen LogP contribution is 2.34. The molecule has 0 atom stereocenters. The standard InChI is InChI=1S/C22H22N2O4S/c1-26-20-13-17(7-8-19(20)28-14-16-5-3-2-4-6-16)21-23-18(15-29-21)22(25)24-9-11-27-12-10-24/h2-8,13,15H,9-12,14H2,1H3. The van der Waals surface area contributed by atoms with Crippen LogP contribution in [0.2, 0.25) is 0 Å². The minimum atomic E-state index is -0.0504. The molecule has 0 radical (unpaired) electrons. The van der Waals surface area contributed by atoms with E-state index in [2.05, 4.69) is 4.98 Å². The van der Waals surface area contributed by atoms with E-state index in [-0.39, 0.29) is 5.91 Å². The zero-order valence-corrected chi connectivity index (χ0v) is 17.0. The first-order valence-corrected chi connectivity index (χ1v) is 10.3. The number of rotatable bonds is 6. The lowest BCUT2D eigenvalue weighted by molar-refractivity contribution is 0.0299. The van der Waals surface area contributed by atoms with Gasteiger partial charge in [-0.2, -0.15) is 0 Å². The summed E-state index contributed by atoms with van der Waals surface area (Å²) in [5.74, 6) is 1.25. The lowest BCUT2D eigenvalue weighted by atomic mass is 10.2. The topological polar surface area (TPSA) is 60.9 Å². The van der Waals surface area contributed by atoms with Gasteiger partial charge in [0, 0.05) is 24.0 Å². The Balaban J connectivity index is 1.49. The summed E-state index contributed by atoms with van der Waals surface area (Å²) in [6.07, 6.45) is 0. The second-order valence-corrected chi connectivity index (χ2v) is 7.44. The van der Waals surface area contributed by atoms with E-state index < -0.39 is 0 Å². The number of benzene rings is 2. The van der Waals surface area contributed by atoms with Crippen LogP contribution in [0.25, 0.3) is 10.6 Å². The van der Waals surface area contributed by atoms with Crippen molar-refractivity contribution in [1.29, 1.82) is 0 Å². The molecule has 1 aromatic heterocycles. The molecule has 0 unspecified atom stereocenters. The van der Waals surface area contributed by atoms with Crippen LogP contribution < -0.4 is 9.47 Å². The van der Waals surface area contributed by atoms with Crippen LogP contribution in [0.4, 0.5) is 0 Å². The Labute approximate surface area is 173 Å². The summed E-state index contributed by atoms with van der Waals surface area (Å²) in [6, 6.07) is 15.7. The van der Waals surface area contributed by atoms with Crippen LogP contribution in [0.5, 0.6) is 11.5 Å². The molecule has 0 saturated carbocycles. The summed E-state index contributed by atoms with van der Waals surface area (Å²) >= 11 is 1.44. The highest BCUT2D eigenvalue weighted by atomic mass is 32.1. The van der Waals surface area contributed by atoms with Crippen LogP contribution in [0.15, 0.2) is 53.9 Å². The van der Waals surface area contributed by atoms with E-state index in [9.17, 15) is 4.79 Å². The van der Waals surface area contributed by atoms with Gasteiger partial charge in [-0.05, 0) is 23.8 Å². The normalized spacial score (nSPS) is 13.9. The Morgan fingerprint density at radius 1 is 1.14 bits per heavy atom. The van der Waals surface area contributed by atoms with E-state index in [1.54, 1.807) is 17.4 Å². The third-order valence-electron chi connectivity index (χ3n) is 4.67. The van der Waals surface area contributed by atoms with Gasteiger partial charge in [-0.15, -0.1) is 11.3 Å². The van der Waals surface area contributed by atoms with Crippen molar-refractivity contribution in [3.8, 4) is 22.1 Å². The maximum absolute atomic E-state index is 12.6. The fourth-order valence-electron chi connectivity index (χ4n) is 3.09. The third-order valence-corrected chi connectivity index (χ3v) is 5.56. The Hall–Kier alpha value is -2.90. The van der Waals surface area contributed by atoms with Gasteiger partial charge >= 0.3 is 0 Å². The number of nitrogens with zero attached hydrogens (tertiary/aromatic N) is 2. The Morgan fingerprint density at radius 2 is 1.93 bits per heavy atom. The van der Waals surface area contributed by atoms with Crippen molar-refractivity contribution in [2.45, 2.75) is 6.61 Å². The van der Waals surface area contributed by atoms with Gasteiger partial charge in [0.25, 0.3) is 5.91 Å². The molecule has 1 fully saturated rings. The van der Waals surface area contributed by atoms with Crippen molar-refractivity contribution in [2.24, 2.45) is 0 Å². The summed E-state index contributed by atoms with van der Waals surface area (Å²) in [6.45, 7) is 2.82. The van der Waals surface area contributed by atoms with Gasteiger partial charge < -0.3 is 19.1 Å². The molecule has 0 aliphatic carbocycles. The highest BCUT2D eigenvalue weighted by Gasteiger charge is 2.21. The van der Waals surface area contributed by atoms with E-state index in [1.807, 2.05) is 48.5 Å². The molecule has 4 rings (SSSR count). The first-order valence-electron chi connectivity index (χ1n) is 9.42. The molecular weight excluding hydrogens is 388 g/mol. The quantitative estimate of drug-likeness (QED) is 0.617. The molecule has 2 aromatic carbocycles. The second-order valence-electron chi connectivity index (χ2n) is 6.58. The van der Waals surface area contributed by atoms with Crippen molar-refractivity contribution in [2.75, 3.05) is 33.4 Å². The lowest BCUT2D eigenvalue weighted by Gasteiger charge is -2.25. The minimum absolute atomic E-state index is 0.0504. The van der Waals surface area contributed by atoms with E-state index in [4.69, 9.17) is 14.2 Å². The molecule has 1 aliphatic heterocycles. The molecule has 1 amide bonds. The van der Waals surface area contributed by atoms with Gasteiger partial charge in [0.15, 0.2) is 11.5 Å². The number of morpholine rings is 1. The van der Waals surface area contributed by atoms with Gasteiger partial charge in [-0.1, -0.05) is 30.3 Å². The van der Waals surface area contributed by atoms with Crippen LogP contribution >= 0.6 is 11.3 Å². The van der Waals surface area contributed by atoms with Crippen molar-refractivity contribution >= 4 is 17.2 Å². The molecule has 1 saturated heterocycles. The van der Waals surface area contributed by atoms with Crippen molar-refractivity contribution in [3.63, 3.8) is 0 Å². The van der Waals surface area contributed by atoms with Gasteiger partial charge in [0.1, 0.15) is 17.3 Å². The number of ether oxygens (including phenoxy) is 3. The largest absolute Gasteiger partial charge is 0.493 e. The third kappa shape index (κ3) is 4.58. The zero-order chi connectivity index (χ0) is 20.1. The van der Waals surface area contributed by atoms with Gasteiger partial charge in [0.05, 0.1) is 20.3 Å². The Bertz CT molecular complexity index is 968. The minimum Gasteiger partial charge on any atom is -0.493 e. The molecule has 150 valence electrons. The number of methoxy groups -OCH3 is 1. The molecule has 0 bridgehead atoms. The lowest BCUT2D eigenvalue weighted by Crippen LogP contribution is -2.40. The van der Waals surface area contributed by atoms with Crippen LogP contribution in [0, 0.1) is 0 Å². The average Bonchev–Trinajstić information content (AvgIpc) is 3.28. The Kier molecular flexibility index (Phi) is 6.07. The smallest absolute Gasteiger partial charge is 0.273 e. The summed E-state index contributed by atoms with van der Waals surface area (Å²) < 4.78 is 16.7. The maximum atomic E-state index is 12.6. The van der Waals surface area contributed by atoms with Crippen LogP contribution in [0.1, 0.15) is 16.1 Å². The number of amides is 1.